The Labute approximate surface area is 120 Å². The minimum Gasteiger partial charge on any atom is -0.390 e. The average Bonchev–Trinajstić information content (AvgIpc) is 2.28. The number of hydrogen-bond donors (Lipinski definition) is 2. The highest BCUT2D eigenvalue weighted by molar-refractivity contribution is 4.72. The van der Waals surface area contributed by atoms with Crippen molar-refractivity contribution >= 4 is 0 Å². The van der Waals surface area contributed by atoms with Crippen molar-refractivity contribution in [2.75, 3.05) is 0 Å². The van der Waals surface area contributed by atoms with Gasteiger partial charge in [0.05, 0.1) is 11.2 Å². The molecule has 0 bridgehead atoms. The van der Waals surface area contributed by atoms with Gasteiger partial charge >= 0.3 is 0 Å². The topological polar surface area (TPSA) is 40.5 Å². The third-order valence-electron chi connectivity index (χ3n) is 3.82. The second-order valence-corrected chi connectivity index (χ2v) is 7.03. The molecule has 2 N–H and O–H groups in total. The Morgan fingerprint density at radius 3 is 1.47 bits per heavy atom. The summed E-state index contributed by atoms with van der Waals surface area (Å²) in [4.78, 5) is 0. The van der Waals surface area contributed by atoms with Crippen LogP contribution in [0.3, 0.4) is 0 Å². The van der Waals surface area contributed by atoms with Gasteiger partial charge in [-0.15, -0.1) is 0 Å². The summed E-state index contributed by atoms with van der Waals surface area (Å²) in [6, 6.07) is 0. The van der Waals surface area contributed by atoms with Crippen molar-refractivity contribution in [2.45, 2.75) is 110 Å². The predicted molar refractivity (Wildman–Crippen MR) is 83.4 cm³/mol. The van der Waals surface area contributed by atoms with Gasteiger partial charge in [0, 0.05) is 0 Å². The van der Waals surface area contributed by atoms with Gasteiger partial charge in [-0.1, -0.05) is 58.3 Å². The number of hydrogen-bond acceptors (Lipinski definition) is 2. The Morgan fingerprint density at radius 2 is 1.05 bits per heavy atom. The lowest BCUT2D eigenvalue weighted by Gasteiger charge is -2.23. The van der Waals surface area contributed by atoms with Crippen molar-refractivity contribution in [3.05, 3.63) is 0 Å². The summed E-state index contributed by atoms with van der Waals surface area (Å²) >= 11 is 0. The van der Waals surface area contributed by atoms with Crippen LogP contribution in [0.1, 0.15) is 98.3 Å². The second-order valence-electron chi connectivity index (χ2n) is 7.03. The second kappa shape index (κ2) is 9.77. The average molecular weight is 272 g/mol. The Balaban J connectivity index is 3.47. The first kappa shape index (κ1) is 18.9. The minimum atomic E-state index is -0.523. The predicted octanol–water partition coefficient (Wildman–Crippen LogP) is 4.82. The Kier molecular flexibility index (Phi) is 9.72. The van der Waals surface area contributed by atoms with E-state index >= 15 is 0 Å². The van der Waals surface area contributed by atoms with Gasteiger partial charge in [0.1, 0.15) is 0 Å². The molecular weight excluding hydrogens is 236 g/mol. The third kappa shape index (κ3) is 14.1. The van der Waals surface area contributed by atoms with Gasteiger partial charge in [0.25, 0.3) is 0 Å². The molecule has 0 fully saturated rings. The summed E-state index contributed by atoms with van der Waals surface area (Å²) in [6.07, 6.45) is 12.2. The standard InChI is InChI=1S/C17H36O2/c1-5-6-7-11-14-17(4,19)15-12-9-8-10-13-16(2,3)18/h18-19H,5-15H2,1-4H3. The first-order valence-corrected chi connectivity index (χ1v) is 8.21. The number of rotatable bonds is 12. The van der Waals surface area contributed by atoms with E-state index < -0.39 is 11.2 Å². The molecular formula is C17H36O2. The lowest BCUT2D eigenvalue weighted by molar-refractivity contribution is 0.0361. The molecule has 0 rings (SSSR count). The molecule has 0 saturated carbocycles. The van der Waals surface area contributed by atoms with E-state index in [1.807, 2.05) is 20.8 Å². The van der Waals surface area contributed by atoms with Gasteiger partial charge in [-0.25, -0.2) is 0 Å². The van der Waals surface area contributed by atoms with E-state index in [4.69, 9.17) is 0 Å². The van der Waals surface area contributed by atoms with Crippen LogP contribution < -0.4 is 0 Å². The molecule has 0 radical (unpaired) electrons. The molecule has 0 amide bonds. The summed E-state index contributed by atoms with van der Waals surface area (Å²) in [5.41, 5.74) is -0.991. The largest absolute Gasteiger partial charge is 0.390 e. The van der Waals surface area contributed by atoms with Crippen molar-refractivity contribution in [3.8, 4) is 0 Å². The Bertz CT molecular complexity index is 204. The molecule has 1 unspecified atom stereocenters. The molecule has 0 saturated heterocycles. The van der Waals surface area contributed by atoms with Crippen molar-refractivity contribution < 1.29 is 10.2 Å². The lowest BCUT2D eigenvalue weighted by Crippen LogP contribution is -2.23. The molecule has 0 aromatic rings. The molecule has 2 nitrogen and oxygen atoms in total. The molecule has 0 aliphatic heterocycles. The van der Waals surface area contributed by atoms with Crippen molar-refractivity contribution in [2.24, 2.45) is 0 Å². The summed E-state index contributed by atoms with van der Waals surface area (Å²) in [6.45, 7) is 7.93. The zero-order valence-corrected chi connectivity index (χ0v) is 13.7. The van der Waals surface area contributed by atoms with Crippen LogP contribution in [-0.2, 0) is 0 Å². The van der Waals surface area contributed by atoms with Gasteiger partial charge < -0.3 is 10.2 Å². The van der Waals surface area contributed by atoms with E-state index in [0.29, 0.717) is 0 Å². The van der Waals surface area contributed by atoms with Crippen molar-refractivity contribution in [1.82, 2.24) is 0 Å². The van der Waals surface area contributed by atoms with Crippen LogP contribution in [0.4, 0.5) is 0 Å². The van der Waals surface area contributed by atoms with Gasteiger partial charge in [-0.3, -0.25) is 0 Å². The van der Waals surface area contributed by atoms with Gasteiger partial charge in [0.2, 0.25) is 0 Å². The van der Waals surface area contributed by atoms with E-state index in [1.165, 1.54) is 25.7 Å². The van der Waals surface area contributed by atoms with Crippen molar-refractivity contribution in [1.29, 1.82) is 0 Å². The first-order valence-electron chi connectivity index (χ1n) is 8.21. The maximum Gasteiger partial charge on any atom is 0.0619 e. The molecule has 116 valence electrons. The van der Waals surface area contributed by atoms with Crippen LogP contribution in [0.15, 0.2) is 0 Å². The highest BCUT2D eigenvalue weighted by atomic mass is 16.3. The van der Waals surface area contributed by atoms with Gasteiger partial charge in [-0.05, 0) is 40.0 Å². The quantitative estimate of drug-likeness (QED) is 0.500. The number of aliphatic hydroxyl groups is 2. The van der Waals surface area contributed by atoms with Gasteiger partial charge in [0.15, 0.2) is 0 Å². The summed E-state index contributed by atoms with van der Waals surface area (Å²) < 4.78 is 0. The monoisotopic (exact) mass is 272 g/mol. The fraction of sp³-hybridized carbons (Fsp3) is 1.00. The molecule has 0 aliphatic rings. The summed E-state index contributed by atoms with van der Waals surface area (Å²) in [7, 11) is 0. The first-order chi connectivity index (χ1) is 8.77. The zero-order valence-electron chi connectivity index (χ0n) is 13.7. The highest BCUT2D eigenvalue weighted by Gasteiger charge is 2.18. The van der Waals surface area contributed by atoms with Crippen LogP contribution in [0.5, 0.6) is 0 Å². The van der Waals surface area contributed by atoms with Gasteiger partial charge in [-0.2, -0.15) is 0 Å². The molecule has 1 atom stereocenters. The Hall–Kier alpha value is -0.0800. The highest BCUT2D eigenvalue weighted by Crippen LogP contribution is 2.22. The van der Waals surface area contributed by atoms with Crippen molar-refractivity contribution in [3.63, 3.8) is 0 Å². The summed E-state index contributed by atoms with van der Waals surface area (Å²) in [5, 5.41) is 19.9. The SMILES string of the molecule is CCCCCCC(C)(O)CCCCCCC(C)(C)O. The molecule has 0 heterocycles. The molecule has 0 spiro atoms. The minimum absolute atomic E-state index is 0.468. The molecule has 0 aromatic carbocycles. The van der Waals surface area contributed by atoms with Crippen LogP contribution in [0, 0.1) is 0 Å². The normalized spacial score (nSPS) is 15.5. The lowest BCUT2D eigenvalue weighted by atomic mass is 9.91. The van der Waals surface area contributed by atoms with Crippen LogP contribution in [-0.4, -0.2) is 21.4 Å². The molecule has 0 aliphatic carbocycles. The Morgan fingerprint density at radius 1 is 0.632 bits per heavy atom. The molecule has 0 aromatic heterocycles. The molecule has 2 heteroatoms. The maximum atomic E-state index is 10.3. The number of unbranched alkanes of at least 4 members (excludes halogenated alkanes) is 6. The fourth-order valence-corrected chi connectivity index (χ4v) is 2.47. The third-order valence-corrected chi connectivity index (χ3v) is 3.82. The smallest absolute Gasteiger partial charge is 0.0619 e. The van der Waals surface area contributed by atoms with E-state index in [0.717, 1.165) is 44.9 Å². The maximum absolute atomic E-state index is 10.3. The fourth-order valence-electron chi connectivity index (χ4n) is 2.47. The van der Waals surface area contributed by atoms with Crippen LogP contribution >= 0.6 is 0 Å². The summed E-state index contributed by atoms with van der Waals surface area (Å²) in [5.74, 6) is 0. The van der Waals surface area contributed by atoms with Crippen LogP contribution in [0.25, 0.3) is 0 Å². The van der Waals surface area contributed by atoms with E-state index in [-0.39, 0.29) is 0 Å². The molecule has 19 heavy (non-hydrogen) atoms. The van der Waals surface area contributed by atoms with E-state index in [1.54, 1.807) is 0 Å². The zero-order chi connectivity index (χ0) is 14.8. The van der Waals surface area contributed by atoms with E-state index in [9.17, 15) is 10.2 Å². The van der Waals surface area contributed by atoms with Crippen LogP contribution in [0.2, 0.25) is 0 Å². The van der Waals surface area contributed by atoms with E-state index in [2.05, 4.69) is 6.92 Å².